The molecule has 2 aromatic rings. The fourth-order valence-corrected chi connectivity index (χ4v) is 3.43. The topological polar surface area (TPSA) is 66.1 Å². The van der Waals surface area contributed by atoms with Crippen LogP contribution in [0.25, 0.3) is 0 Å². The van der Waals surface area contributed by atoms with Gasteiger partial charge in [-0.25, -0.2) is 0 Å². The minimum Gasteiger partial charge on any atom is -0.375 e. The molecule has 8 heteroatoms. The molecular weight excluding hydrogens is 366 g/mol. The molecule has 0 amide bonds. The monoisotopic (exact) mass is 391 g/mol. The van der Waals surface area contributed by atoms with Crippen LogP contribution < -0.4 is 5.32 Å². The van der Waals surface area contributed by atoms with Crippen molar-refractivity contribution in [2.45, 2.75) is 12.6 Å². The molecule has 27 heavy (non-hydrogen) atoms. The van der Waals surface area contributed by atoms with E-state index in [-0.39, 0.29) is 6.10 Å². The molecule has 1 atom stereocenters. The second-order valence-electron chi connectivity index (χ2n) is 6.46. The normalized spacial score (nSPS) is 17.1. The SMILES string of the molecule is CN=C(NCC(OC)c1cccc(Cl)c1)N1CCN(Cc2ccon2)CC1. The number of guanidine groups is 1. The van der Waals surface area contributed by atoms with Gasteiger partial charge in [-0.1, -0.05) is 28.9 Å². The molecule has 1 unspecified atom stereocenters. The van der Waals surface area contributed by atoms with Gasteiger partial charge >= 0.3 is 0 Å². The lowest BCUT2D eigenvalue weighted by molar-refractivity contribution is 0.105. The summed E-state index contributed by atoms with van der Waals surface area (Å²) >= 11 is 6.10. The Labute approximate surface area is 164 Å². The predicted molar refractivity (Wildman–Crippen MR) is 106 cm³/mol. The first-order valence-electron chi connectivity index (χ1n) is 9.05. The van der Waals surface area contributed by atoms with Gasteiger partial charge in [-0.3, -0.25) is 9.89 Å². The van der Waals surface area contributed by atoms with Crippen LogP contribution in [-0.4, -0.2) is 67.8 Å². The van der Waals surface area contributed by atoms with Crippen molar-refractivity contribution in [1.82, 2.24) is 20.3 Å². The van der Waals surface area contributed by atoms with Crippen molar-refractivity contribution in [3.63, 3.8) is 0 Å². The largest absolute Gasteiger partial charge is 0.375 e. The van der Waals surface area contributed by atoms with Gasteiger partial charge in [-0.05, 0) is 17.7 Å². The van der Waals surface area contributed by atoms with Crippen molar-refractivity contribution in [2.75, 3.05) is 46.9 Å². The summed E-state index contributed by atoms with van der Waals surface area (Å²) in [5.74, 6) is 0.889. The summed E-state index contributed by atoms with van der Waals surface area (Å²) in [4.78, 5) is 9.07. The Morgan fingerprint density at radius 3 is 2.78 bits per heavy atom. The highest BCUT2D eigenvalue weighted by Gasteiger charge is 2.21. The first-order valence-corrected chi connectivity index (χ1v) is 9.43. The smallest absolute Gasteiger partial charge is 0.193 e. The number of aliphatic imine (C=N–C) groups is 1. The average Bonchev–Trinajstić information content (AvgIpc) is 3.19. The van der Waals surface area contributed by atoms with Gasteiger partial charge in [0.05, 0.1) is 11.8 Å². The van der Waals surface area contributed by atoms with Crippen LogP contribution in [0.3, 0.4) is 0 Å². The fraction of sp³-hybridized carbons (Fsp3) is 0.474. The van der Waals surface area contributed by atoms with Crippen LogP contribution in [0.5, 0.6) is 0 Å². The Bertz CT molecular complexity index is 729. The summed E-state index contributed by atoms with van der Waals surface area (Å²) < 4.78 is 10.5. The van der Waals surface area contributed by atoms with Gasteiger partial charge < -0.3 is 19.5 Å². The Morgan fingerprint density at radius 1 is 1.33 bits per heavy atom. The third kappa shape index (κ3) is 5.45. The lowest BCUT2D eigenvalue weighted by atomic mass is 10.1. The third-order valence-corrected chi connectivity index (χ3v) is 4.95. The van der Waals surface area contributed by atoms with Crippen LogP contribution in [0.1, 0.15) is 17.4 Å². The van der Waals surface area contributed by atoms with E-state index in [1.807, 2.05) is 37.4 Å². The van der Waals surface area contributed by atoms with E-state index in [0.29, 0.717) is 11.6 Å². The molecule has 3 rings (SSSR count). The van der Waals surface area contributed by atoms with E-state index >= 15 is 0 Å². The molecule has 0 radical (unpaired) electrons. The zero-order chi connectivity index (χ0) is 19.1. The van der Waals surface area contributed by atoms with Crippen LogP contribution >= 0.6 is 11.6 Å². The average molecular weight is 392 g/mol. The third-order valence-electron chi connectivity index (χ3n) is 4.71. The zero-order valence-electron chi connectivity index (χ0n) is 15.8. The number of piperazine rings is 1. The summed E-state index contributed by atoms with van der Waals surface area (Å²) in [6.07, 6.45) is 1.53. The molecule has 0 bridgehead atoms. The molecule has 1 fully saturated rings. The summed E-state index contributed by atoms with van der Waals surface area (Å²) in [7, 11) is 3.52. The highest BCUT2D eigenvalue weighted by atomic mass is 35.5. The van der Waals surface area contributed by atoms with Crippen LogP contribution in [0.4, 0.5) is 0 Å². The van der Waals surface area contributed by atoms with Crippen molar-refractivity contribution in [3.8, 4) is 0 Å². The maximum atomic E-state index is 6.10. The molecule has 1 aliphatic rings. The standard InChI is InChI=1S/C19H26ClN5O2/c1-21-19(22-13-18(26-2)15-4-3-5-16(20)12-15)25-9-7-24(8-10-25)14-17-6-11-27-23-17/h3-6,11-12,18H,7-10,13-14H2,1-2H3,(H,21,22). The van der Waals surface area contributed by atoms with E-state index < -0.39 is 0 Å². The van der Waals surface area contributed by atoms with E-state index in [9.17, 15) is 0 Å². The maximum absolute atomic E-state index is 6.10. The Balaban J connectivity index is 1.50. The molecule has 1 aromatic heterocycles. The lowest BCUT2D eigenvalue weighted by Crippen LogP contribution is -2.52. The highest BCUT2D eigenvalue weighted by molar-refractivity contribution is 6.30. The van der Waals surface area contributed by atoms with E-state index in [1.165, 1.54) is 0 Å². The summed E-state index contributed by atoms with van der Waals surface area (Å²) in [5, 5.41) is 8.13. The van der Waals surface area contributed by atoms with Crippen molar-refractivity contribution < 1.29 is 9.26 Å². The van der Waals surface area contributed by atoms with Gasteiger partial charge in [0, 0.05) is 64.5 Å². The van der Waals surface area contributed by atoms with Gasteiger partial charge in [-0.15, -0.1) is 0 Å². The first kappa shape index (κ1) is 19.7. The number of hydrogen-bond acceptors (Lipinski definition) is 5. The number of nitrogens with one attached hydrogen (secondary N) is 1. The Morgan fingerprint density at radius 2 is 2.15 bits per heavy atom. The van der Waals surface area contributed by atoms with Gasteiger partial charge in [0.2, 0.25) is 0 Å². The minimum absolute atomic E-state index is 0.0890. The quantitative estimate of drug-likeness (QED) is 0.602. The molecule has 1 N–H and O–H groups in total. The van der Waals surface area contributed by atoms with Crippen molar-refractivity contribution >= 4 is 17.6 Å². The summed E-state index contributed by atoms with van der Waals surface area (Å²) in [6, 6.07) is 9.67. The Kier molecular flexibility index (Phi) is 7.09. The van der Waals surface area contributed by atoms with E-state index in [0.717, 1.165) is 49.9 Å². The number of rotatable bonds is 6. The van der Waals surface area contributed by atoms with Gasteiger partial charge in [0.1, 0.15) is 6.26 Å². The van der Waals surface area contributed by atoms with Crippen molar-refractivity contribution in [3.05, 3.63) is 52.9 Å². The minimum atomic E-state index is -0.0890. The Hall–Kier alpha value is -2.09. The molecule has 0 spiro atoms. The predicted octanol–water partition coefficient (Wildman–Crippen LogP) is 2.41. The van der Waals surface area contributed by atoms with Gasteiger partial charge in [-0.2, -0.15) is 0 Å². The number of hydrogen-bond donors (Lipinski definition) is 1. The van der Waals surface area contributed by atoms with Crippen LogP contribution in [-0.2, 0) is 11.3 Å². The van der Waals surface area contributed by atoms with Crippen molar-refractivity contribution in [1.29, 1.82) is 0 Å². The van der Waals surface area contributed by atoms with E-state index in [2.05, 4.69) is 25.3 Å². The zero-order valence-corrected chi connectivity index (χ0v) is 16.5. The molecule has 2 heterocycles. The second-order valence-corrected chi connectivity index (χ2v) is 6.90. The fourth-order valence-electron chi connectivity index (χ4n) is 3.23. The summed E-state index contributed by atoms with van der Waals surface area (Å²) in [6.45, 7) is 5.17. The lowest BCUT2D eigenvalue weighted by Gasteiger charge is -2.36. The maximum Gasteiger partial charge on any atom is 0.193 e. The van der Waals surface area contributed by atoms with E-state index in [1.54, 1.807) is 13.4 Å². The molecule has 0 aliphatic carbocycles. The first-order chi connectivity index (χ1) is 13.2. The number of nitrogens with zero attached hydrogens (tertiary/aromatic N) is 4. The molecule has 0 saturated carbocycles. The van der Waals surface area contributed by atoms with Crippen LogP contribution in [0.15, 0.2) is 46.1 Å². The number of benzene rings is 1. The molecular formula is C19H26ClN5O2. The molecule has 146 valence electrons. The van der Waals surface area contributed by atoms with Gasteiger partial charge in [0.15, 0.2) is 5.96 Å². The van der Waals surface area contributed by atoms with Crippen LogP contribution in [0.2, 0.25) is 5.02 Å². The van der Waals surface area contributed by atoms with Crippen molar-refractivity contribution in [2.24, 2.45) is 4.99 Å². The van der Waals surface area contributed by atoms with Crippen LogP contribution in [0, 0.1) is 0 Å². The second kappa shape index (κ2) is 9.73. The molecule has 1 aromatic carbocycles. The molecule has 1 aliphatic heterocycles. The summed E-state index contributed by atoms with van der Waals surface area (Å²) in [5.41, 5.74) is 2.01. The van der Waals surface area contributed by atoms with Gasteiger partial charge in [0.25, 0.3) is 0 Å². The van der Waals surface area contributed by atoms with E-state index in [4.69, 9.17) is 20.9 Å². The molecule has 7 nitrogen and oxygen atoms in total. The number of aromatic nitrogens is 1. The number of halogens is 1. The number of methoxy groups -OCH3 is 1. The number of ether oxygens (including phenoxy) is 1. The molecule has 1 saturated heterocycles. The highest BCUT2D eigenvalue weighted by Crippen LogP contribution is 2.20.